The maximum absolute atomic E-state index is 6.32. The number of rotatable bonds is 6. The monoisotopic (exact) mass is 227 g/mol. The van der Waals surface area contributed by atoms with Gasteiger partial charge in [-0.15, -0.1) is 0 Å². The van der Waals surface area contributed by atoms with E-state index in [0.29, 0.717) is 18.6 Å². The van der Waals surface area contributed by atoms with Crippen LogP contribution in [0.3, 0.4) is 0 Å². The van der Waals surface area contributed by atoms with Crippen LogP contribution in [0.2, 0.25) is 0 Å². The second-order valence-corrected chi connectivity index (χ2v) is 6.27. The third-order valence-corrected chi connectivity index (χ3v) is 3.64. The van der Waals surface area contributed by atoms with Gasteiger partial charge in [-0.3, -0.25) is 0 Å². The molecule has 94 valence electrons. The molecule has 0 bridgehead atoms. The van der Waals surface area contributed by atoms with Gasteiger partial charge in [0, 0.05) is 11.5 Å². The molecule has 16 heavy (non-hydrogen) atoms. The van der Waals surface area contributed by atoms with Crippen molar-refractivity contribution in [1.82, 2.24) is 0 Å². The number of ether oxygens (including phenoxy) is 2. The maximum Gasteiger partial charge on any atom is 0.0677 e. The lowest BCUT2D eigenvalue weighted by atomic mass is 9.99. The molecular weight excluding hydrogens is 202 g/mol. The van der Waals surface area contributed by atoms with Crippen LogP contribution in [0.4, 0.5) is 0 Å². The van der Waals surface area contributed by atoms with Crippen molar-refractivity contribution in [3.63, 3.8) is 0 Å². The second kappa shape index (κ2) is 3.97. The molecular formula is C13H25NO2. The summed E-state index contributed by atoms with van der Waals surface area (Å²) in [5.41, 5.74) is 6.08. The predicted octanol–water partition coefficient (Wildman–Crippen LogP) is 2.09. The molecule has 0 heterocycles. The molecule has 2 rings (SSSR count). The molecule has 0 aromatic heterocycles. The molecule has 2 fully saturated rings. The number of hydrogen-bond donors (Lipinski definition) is 1. The number of hydrogen-bond acceptors (Lipinski definition) is 3. The Morgan fingerprint density at radius 3 is 2.50 bits per heavy atom. The van der Waals surface area contributed by atoms with Crippen molar-refractivity contribution in [2.24, 2.45) is 11.7 Å². The van der Waals surface area contributed by atoms with Crippen molar-refractivity contribution in [3.05, 3.63) is 0 Å². The molecule has 0 spiro atoms. The normalized spacial score (nSPS) is 34.5. The molecule has 0 amide bonds. The van der Waals surface area contributed by atoms with Crippen LogP contribution in [0.1, 0.15) is 47.0 Å². The smallest absolute Gasteiger partial charge is 0.0677 e. The van der Waals surface area contributed by atoms with Gasteiger partial charge < -0.3 is 15.2 Å². The van der Waals surface area contributed by atoms with Gasteiger partial charge in [0.05, 0.1) is 24.4 Å². The minimum absolute atomic E-state index is 0.0870. The zero-order valence-corrected chi connectivity index (χ0v) is 11.0. The Bertz CT molecular complexity index is 261. The summed E-state index contributed by atoms with van der Waals surface area (Å²) in [7, 11) is 0. The lowest BCUT2D eigenvalue weighted by Crippen LogP contribution is -2.40. The van der Waals surface area contributed by atoms with Crippen LogP contribution in [-0.4, -0.2) is 30.0 Å². The van der Waals surface area contributed by atoms with E-state index in [4.69, 9.17) is 15.2 Å². The Hall–Kier alpha value is -0.120. The van der Waals surface area contributed by atoms with Gasteiger partial charge in [-0.25, -0.2) is 0 Å². The fraction of sp³-hybridized carbons (Fsp3) is 1.00. The molecule has 3 nitrogen and oxygen atoms in total. The van der Waals surface area contributed by atoms with Crippen molar-refractivity contribution >= 4 is 0 Å². The first-order valence-electron chi connectivity index (χ1n) is 6.42. The zero-order chi connectivity index (χ0) is 12.0. The molecule has 2 aliphatic carbocycles. The van der Waals surface area contributed by atoms with Gasteiger partial charge >= 0.3 is 0 Å². The first-order valence-corrected chi connectivity index (χ1v) is 6.42. The largest absolute Gasteiger partial charge is 0.377 e. The topological polar surface area (TPSA) is 44.5 Å². The average molecular weight is 227 g/mol. The summed E-state index contributed by atoms with van der Waals surface area (Å²) >= 11 is 0. The first kappa shape index (κ1) is 12.3. The quantitative estimate of drug-likeness (QED) is 0.755. The minimum atomic E-state index is -0.150. The van der Waals surface area contributed by atoms with Crippen molar-refractivity contribution in [2.45, 2.75) is 70.3 Å². The highest BCUT2D eigenvalue weighted by Gasteiger charge is 2.59. The van der Waals surface area contributed by atoms with E-state index in [-0.39, 0.29) is 17.2 Å². The van der Waals surface area contributed by atoms with Crippen LogP contribution >= 0.6 is 0 Å². The predicted molar refractivity (Wildman–Crippen MR) is 64.3 cm³/mol. The lowest BCUT2D eigenvalue weighted by Gasteiger charge is -2.28. The van der Waals surface area contributed by atoms with E-state index in [1.54, 1.807) is 0 Å². The third-order valence-electron chi connectivity index (χ3n) is 3.64. The summed E-state index contributed by atoms with van der Waals surface area (Å²) in [6.07, 6.45) is 4.21. The van der Waals surface area contributed by atoms with Crippen molar-refractivity contribution in [2.75, 3.05) is 6.61 Å². The fourth-order valence-electron chi connectivity index (χ4n) is 2.44. The summed E-state index contributed by atoms with van der Waals surface area (Å²) in [6.45, 7) is 9.09. The van der Waals surface area contributed by atoms with Gasteiger partial charge in [-0.2, -0.15) is 0 Å². The highest BCUT2D eigenvalue weighted by atomic mass is 16.5. The van der Waals surface area contributed by atoms with Gasteiger partial charge in [-0.1, -0.05) is 0 Å². The van der Waals surface area contributed by atoms with Crippen LogP contribution < -0.4 is 5.73 Å². The molecule has 0 aromatic rings. The molecule has 3 heteroatoms. The van der Waals surface area contributed by atoms with Gasteiger partial charge in [-0.05, 0) is 47.0 Å². The van der Waals surface area contributed by atoms with Crippen LogP contribution in [-0.2, 0) is 9.47 Å². The Morgan fingerprint density at radius 2 is 2.00 bits per heavy atom. The van der Waals surface area contributed by atoms with Crippen LogP contribution in [0.15, 0.2) is 0 Å². The highest BCUT2D eigenvalue weighted by molar-refractivity contribution is 5.14. The Balaban J connectivity index is 1.82. The van der Waals surface area contributed by atoms with Gasteiger partial charge in [0.2, 0.25) is 0 Å². The molecule has 2 aliphatic rings. The molecule has 0 saturated heterocycles. The van der Waals surface area contributed by atoms with E-state index in [2.05, 4.69) is 13.8 Å². The highest BCUT2D eigenvalue weighted by Crippen LogP contribution is 2.51. The standard InChI is InChI=1S/C13H25NO2/c1-9(2)15-8-13(14)7-11(13)12(3,4)16-10-5-6-10/h9-11H,5-8,14H2,1-4H3. The van der Waals surface area contributed by atoms with Gasteiger partial charge in [0.15, 0.2) is 0 Å². The molecule has 2 atom stereocenters. The van der Waals surface area contributed by atoms with E-state index >= 15 is 0 Å². The summed E-state index contributed by atoms with van der Waals surface area (Å²) in [6, 6.07) is 0. The van der Waals surface area contributed by atoms with Crippen molar-refractivity contribution in [3.8, 4) is 0 Å². The van der Waals surface area contributed by atoms with Crippen molar-refractivity contribution in [1.29, 1.82) is 0 Å². The Kier molecular flexibility index (Phi) is 3.06. The average Bonchev–Trinajstić information content (AvgIpc) is 3.01. The van der Waals surface area contributed by atoms with Gasteiger partial charge in [0.25, 0.3) is 0 Å². The summed E-state index contributed by atoms with van der Waals surface area (Å²) in [5, 5.41) is 0. The maximum atomic E-state index is 6.32. The summed E-state index contributed by atoms with van der Waals surface area (Å²) in [5.74, 6) is 0.444. The Morgan fingerprint density at radius 1 is 1.38 bits per heavy atom. The van der Waals surface area contributed by atoms with E-state index in [1.807, 2.05) is 13.8 Å². The van der Waals surface area contributed by atoms with E-state index in [1.165, 1.54) is 12.8 Å². The van der Waals surface area contributed by atoms with E-state index in [9.17, 15) is 0 Å². The Labute approximate surface area is 98.7 Å². The SMILES string of the molecule is CC(C)OCC1(N)CC1C(C)(C)OC1CC1. The zero-order valence-electron chi connectivity index (χ0n) is 11.0. The third kappa shape index (κ3) is 2.76. The van der Waals surface area contributed by atoms with E-state index in [0.717, 1.165) is 6.42 Å². The first-order chi connectivity index (χ1) is 7.33. The molecule has 2 saturated carbocycles. The minimum Gasteiger partial charge on any atom is -0.377 e. The molecule has 0 aliphatic heterocycles. The van der Waals surface area contributed by atoms with E-state index < -0.39 is 0 Å². The fourth-order valence-corrected chi connectivity index (χ4v) is 2.44. The van der Waals surface area contributed by atoms with Crippen LogP contribution in [0.25, 0.3) is 0 Å². The molecule has 2 unspecified atom stereocenters. The van der Waals surface area contributed by atoms with Crippen LogP contribution in [0, 0.1) is 5.92 Å². The number of nitrogens with two attached hydrogens (primary N) is 1. The van der Waals surface area contributed by atoms with Crippen molar-refractivity contribution < 1.29 is 9.47 Å². The van der Waals surface area contributed by atoms with Gasteiger partial charge in [0.1, 0.15) is 0 Å². The van der Waals surface area contributed by atoms with Crippen LogP contribution in [0.5, 0.6) is 0 Å². The molecule has 0 radical (unpaired) electrons. The second-order valence-electron chi connectivity index (χ2n) is 6.27. The molecule has 2 N–H and O–H groups in total. The summed E-state index contributed by atoms with van der Waals surface area (Å²) in [4.78, 5) is 0. The lowest BCUT2D eigenvalue weighted by molar-refractivity contribution is -0.0553. The molecule has 0 aromatic carbocycles. The summed E-state index contributed by atoms with van der Waals surface area (Å²) < 4.78 is 11.7.